The van der Waals surface area contributed by atoms with Crippen molar-refractivity contribution < 1.29 is 18.5 Å². The van der Waals surface area contributed by atoms with Crippen LogP contribution >= 0.6 is 7.82 Å². The molecule has 0 aromatic carbocycles. The molecule has 0 aliphatic rings. The van der Waals surface area contributed by atoms with Crippen molar-refractivity contribution >= 4 is 21.4 Å². The van der Waals surface area contributed by atoms with Gasteiger partial charge in [-0.1, -0.05) is 77.6 Å². The molecule has 0 heterocycles. The molecule has 30 heavy (non-hydrogen) atoms. The van der Waals surface area contributed by atoms with Crippen LogP contribution in [0.1, 0.15) is 116 Å². The third-order valence-electron chi connectivity index (χ3n) is 5.58. The molecule has 0 aromatic heterocycles. The van der Waals surface area contributed by atoms with E-state index in [2.05, 4.69) is 24.1 Å². The van der Waals surface area contributed by atoms with E-state index in [-0.39, 0.29) is 0 Å². The summed E-state index contributed by atoms with van der Waals surface area (Å²) in [5, 5.41) is 1.15. The Morgan fingerprint density at radius 1 is 0.600 bits per heavy atom. The average Bonchev–Trinajstić information content (AvgIpc) is 2.67. The van der Waals surface area contributed by atoms with Crippen LogP contribution < -0.4 is 0 Å². The van der Waals surface area contributed by atoms with Crippen LogP contribution in [0.25, 0.3) is 0 Å². The van der Waals surface area contributed by atoms with Gasteiger partial charge in [0.25, 0.3) is 0 Å². The van der Waals surface area contributed by atoms with Crippen molar-refractivity contribution in [3.05, 3.63) is 0 Å². The third kappa shape index (κ3) is 24.9. The van der Waals surface area contributed by atoms with E-state index < -0.39 is 21.4 Å². The predicted molar refractivity (Wildman–Crippen MR) is 135 cm³/mol. The van der Waals surface area contributed by atoms with E-state index >= 15 is 0 Å². The Balaban J connectivity index is 3.29. The van der Waals surface area contributed by atoms with Gasteiger partial charge in [-0.25, -0.2) is 0 Å². The van der Waals surface area contributed by atoms with Crippen LogP contribution in [0.5, 0.6) is 0 Å². The van der Waals surface area contributed by atoms with E-state index in [9.17, 15) is 9.46 Å². The number of hydrogen-bond donors (Lipinski definition) is 1. The molecule has 0 amide bonds. The fraction of sp³-hybridized carbons (Fsp3) is 1.00. The van der Waals surface area contributed by atoms with Crippen molar-refractivity contribution in [1.29, 1.82) is 0 Å². The number of phosphoric ester groups is 1. The fourth-order valence-electron chi connectivity index (χ4n) is 3.65. The maximum absolute atomic E-state index is 11.8. The van der Waals surface area contributed by atoms with Gasteiger partial charge < -0.3 is 0 Å². The molecule has 0 saturated carbocycles. The molecule has 0 aromatic rings. The van der Waals surface area contributed by atoms with Crippen molar-refractivity contribution in [2.45, 2.75) is 138 Å². The molecule has 0 bridgehead atoms. The van der Waals surface area contributed by atoms with Crippen LogP contribution in [0.4, 0.5) is 0 Å². The monoisotopic (exact) mass is 512 g/mol. The molecule has 4 nitrogen and oxygen atoms in total. The van der Waals surface area contributed by atoms with Crippen molar-refractivity contribution in [1.82, 2.24) is 0 Å². The van der Waals surface area contributed by atoms with Gasteiger partial charge in [-0.05, 0) is 0 Å². The van der Waals surface area contributed by atoms with Gasteiger partial charge in [0.15, 0.2) is 0 Å². The SMILES string of the molecule is CCCCCCCCCCCCCCCCCCOP(=O)(O)OCCC[AsH](C)(C)C. The zero-order valence-electron chi connectivity index (χ0n) is 20.8. The normalized spacial score (nSPS) is 14.7. The Morgan fingerprint density at radius 3 is 1.30 bits per heavy atom. The van der Waals surface area contributed by atoms with Gasteiger partial charge >= 0.3 is 114 Å². The Morgan fingerprint density at radius 2 is 0.933 bits per heavy atom. The first-order valence-corrected chi connectivity index (χ1v) is 22.2. The van der Waals surface area contributed by atoms with Crippen molar-refractivity contribution in [3.8, 4) is 0 Å². The first-order chi connectivity index (χ1) is 14.3. The molecule has 6 heteroatoms. The molecular weight excluding hydrogens is 458 g/mol. The Kier molecular flexibility index (Phi) is 20.7. The zero-order chi connectivity index (χ0) is 22.6. The van der Waals surface area contributed by atoms with Gasteiger partial charge in [-0.3, -0.25) is 0 Å². The van der Waals surface area contributed by atoms with Gasteiger partial charge in [-0.2, -0.15) is 0 Å². The van der Waals surface area contributed by atoms with Crippen LogP contribution in [0.3, 0.4) is 0 Å². The van der Waals surface area contributed by atoms with Crippen LogP contribution in [0, 0.1) is 0 Å². The summed E-state index contributed by atoms with van der Waals surface area (Å²) in [6.45, 7) is 2.93. The van der Waals surface area contributed by atoms with Crippen molar-refractivity contribution in [2.24, 2.45) is 0 Å². The van der Waals surface area contributed by atoms with E-state index in [4.69, 9.17) is 9.05 Å². The summed E-state index contributed by atoms with van der Waals surface area (Å²) in [6, 6.07) is 0. The van der Waals surface area contributed by atoms with E-state index in [1.54, 1.807) is 0 Å². The average molecular weight is 513 g/mol. The van der Waals surface area contributed by atoms with Gasteiger partial charge in [-0.15, -0.1) is 0 Å². The maximum atomic E-state index is 11.8. The Labute approximate surface area is 191 Å². The molecule has 0 rings (SSSR count). The molecule has 0 aliphatic heterocycles. The van der Waals surface area contributed by atoms with E-state index in [1.165, 1.54) is 89.9 Å². The predicted octanol–water partition coefficient (Wildman–Crippen LogP) is 8.84. The Bertz CT molecular complexity index is 413. The summed E-state index contributed by atoms with van der Waals surface area (Å²) >= 11 is -1.58. The number of unbranched alkanes of at least 4 members (excludes halogenated alkanes) is 15. The molecule has 184 valence electrons. The second-order valence-corrected chi connectivity index (χ2v) is 23.3. The molecule has 0 radical (unpaired) electrons. The third-order valence-corrected chi connectivity index (χ3v) is 10.5. The minimum absolute atomic E-state index is 0.323. The molecule has 1 N–H and O–H groups in total. The second kappa shape index (κ2) is 20.3. The summed E-state index contributed by atoms with van der Waals surface area (Å²) in [7, 11) is -3.84. The second-order valence-electron chi connectivity index (χ2n) is 10.1. The van der Waals surface area contributed by atoms with E-state index in [1.807, 2.05) is 0 Å². The molecule has 0 spiro atoms. The first kappa shape index (κ1) is 30.7. The number of phosphoric acid groups is 1. The molecule has 1 unspecified atom stereocenters. The van der Waals surface area contributed by atoms with Crippen LogP contribution in [0.2, 0.25) is 22.3 Å². The first-order valence-electron chi connectivity index (χ1n) is 12.9. The van der Waals surface area contributed by atoms with E-state index in [0.717, 1.165) is 24.5 Å². The molecule has 0 fully saturated rings. The molecule has 0 aliphatic carbocycles. The van der Waals surface area contributed by atoms with Crippen LogP contribution in [-0.2, 0) is 13.6 Å². The van der Waals surface area contributed by atoms with Crippen molar-refractivity contribution in [3.63, 3.8) is 0 Å². The van der Waals surface area contributed by atoms with Gasteiger partial charge in [0.1, 0.15) is 0 Å². The summed E-state index contributed by atoms with van der Waals surface area (Å²) in [6.07, 6.45) is 22.0. The van der Waals surface area contributed by atoms with Crippen LogP contribution in [-0.4, -0.2) is 31.7 Å². The number of hydrogen-bond acceptors (Lipinski definition) is 3. The fourth-order valence-corrected chi connectivity index (χ4v) is 6.97. The Hall–Kier alpha value is 0.668. The zero-order valence-corrected chi connectivity index (χ0v) is 23.8. The minimum atomic E-state index is -3.84. The quantitative estimate of drug-likeness (QED) is 0.0844. The summed E-state index contributed by atoms with van der Waals surface area (Å²) < 4.78 is 22.0. The molecule has 0 saturated heterocycles. The topological polar surface area (TPSA) is 55.8 Å². The van der Waals surface area contributed by atoms with E-state index in [0.29, 0.717) is 13.2 Å². The van der Waals surface area contributed by atoms with Crippen molar-refractivity contribution in [2.75, 3.05) is 13.2 Å². The summed E-state index contributed by atoms with van der Waals surface area (Å²) in [4.78, 5) is 9.70. The number of rotatable bonds is 23. The van der Waals surface area contributed by atoms with Gasteiger partial charge in [0, 0.05) is 0 Å². The molecular formula is C24H54AsO4P. The standard InChI is InChI=1S/C24H54AsO4P/c1-5-6-7-8-9-10-11-12-13-14-15-16-17-18-19-20-23-28-30(26,27)29-24-21-22-25(2,3)4/h25H,5-24H2,1-4H3,(H,26,27). The van der Waals surface area contributed by atoms with Crippen LogP contribution in [0.15, 0.2) is 0 Å². The molecule has 1 atom stereocenters. The van der Waals surface area contributed by atoms with Gasteiger partial charge in [0.05, 0.1) is 0 Å². The van der Waals surface area contributed by atoms with Gasteiger partial charge in [0.2, 0.25) is 0 Å². The summed E-state index contributed by atoms with van der Waals surface area (Å²) in [5.74, 6) is 0. The summed E-state index contributed by atoms with van der Waals surface area (Å²) in [5.41, 5.74) is 7.02.